The largest absolute Gasteiger partial charge is 0.573 e. The molecule has 0 fully saturated rings. The monoisotopic (exact) mass is 345 g/mol. The maximum absolute atomic E-state index is 12.1. The van der Waals surface area contributed by atoms with Gasteiger partial charge >= 0.3 is 6.36 Å². The summed E-state index contributed by atoms with van der Waals surface area (Å²) < 4.78 is 41.8. The molecule has 0 aliphatic carbocycles. The van der Waals surface area contributed by atoms with Gasteiger partial charge in [-0.15, -0.1) is 13.2 Å². The fourth-order valence-electron chi connectivity index (χ4n) is 1.66. The van der Waals surface area contributed by atoms with Gasteiger partial charge in [-0.2, -0.15) is 0 Å². The average molecular weight is 345 g/mol. The Morgan fingerprint density at radius 2 is 2.00 bits per heavy atom. The molecule has 2 rings (SSSR count). The Labute approximate surface area is 134 Å². The van der Waals surface area contributed by atoms with Crippen LogP contribution >= 0.6 is 11.8 Å². The van der Waals surface area contributed by atoms with Gasteiger partial charge in [0.15, 0.2) is 5.16 Å². The molecule has 1 heterocycles. The third-order valence-corrected chi connectivity index (χ3v) is 3.96. The van der Waals surface area contributed by atoms with Crippen LogP contribution in [0.15, 0.2) is 41.8 Å². The van der Waals surface area contributed by atoms with Gasteiger partial charge in [-0.3, -0.25) is 4.79 Å². The number of nitrogens with one attached hydrogen (secondary N) is 1. The zero-order valence-electron chi connectivity index (χ0n) is 12.3. The van der Waals surface area contributed by atoms with E-state index in [-0.39, 0.29) is 11.7 Å². The van der Waals surface area contributed by atoms with Gasteiger partial charge < -0.3 is 14.6 Å². The SMILES string of the molecule is CC(Sc1nccn1C)C(=O)Nc1ccc(OC(F)(F)F)cc1. The minimum absolute atomic E-state index is 0.275. The number of carbonyl (C=O) groups is 1. The first kappa shape index (κ1) is 17.2. The van der Waals surface area contributed by atoms with Crippen LogP contribution in [0.5, 0.6) is 5.75 Å². The van der Waals surface area contributed by atoms with E-state index in [0.717, 1.165) is 12.1 Å². The third-order valence-electron chi connectivity index (χ3n) is 2.78. The molecule has 0 aliphatic rings. The van der Waals surface area contributed by atoms with Crippen LogP contribution in [0, 0.1) is 0 Å². The van der Waals surface area contributed by atoms with Crippen molar-refractivity contribution < 1.29 is 22.7 Å². The molecule has 0 aliphatic heterocycles. The first-order chi connectivity index (χ1) is 10.7. The molecule has 0 radical (unpaired) electrons. The predicted molar refractivity (Wildman–Crippen MR) is 80.3 cm³/mol. The molecule has 9 heteroatoms. The van der Waals surface area contributed by atoms with Crippen LogP contribution < -0.4 is 10.1 Å². The summed E-state index contributed by atoms with van der Waals surface area (Å²) in [5.74, 6) is -0.617. The van der Waals surface area contributed by atoms with Crippen LogP contribution in [0.4, 0.5) is 18.9 Å². The number of carbonyl (C=O) groups excluding carboxylic acids is 1. The molecule has 1 atom stereocenters. The van der Waals surface area contributed by atoms with Gasteiger partial charge in [-0.05, 0) is 31.2 Å². The van der Waals surface area contributed by atoms with Crippen LogP contribution in [0.1, 0.15) is 6.92 Å². The summed E-state index contributed by atoms with van der Waals surface area (Å²) in [6.07, 6.45) is -1.34. The number of ether oxygens (including phenoxy) is 1. The van der Waals surface area contributed by atoms with Gasteiger partial charge in [-0.25, -0.2) is 4.98 Å². The lowest BCUT2D eigenvalue weighted by Crippen LogP contribution is -2.22. The summed E-state index contributed by atoms with van der Waals surface area (Å²) in [4.78, 5) is 16.2. The predicted octanol–water partition coefficient (Wildman–Crippen LogP) is 3.44. The van der Waals surface area contributed by atoms with Crippen LogP contribution in [-0.2, 0) is 11.8 Å². The molecular weight excluding hydrogens is 331 g/mol. The summed E-state index contributed by atoms with van der Waals surface area (Å²) in [7, 11) is 1.82. The second-order valence-electron chi connectivity index (χ2n) is 4.64. The van der Waals surface area contributed by atoms with E-state index in [1.54, 1.807) is 23.9 Å². The van der Waals surface area contributed by atoms with E-state index in [1.165, 1.54) is 23.9 Å². The molecule has 5 nitrogen and oxygen atoms in total. The average Bonchev–Trinajstić information content (AvgIpc) is 2.85. The van der Waals surface area contributed by atoms with Crippen molar-refractivity contribution >= 4 is 23.4 Å². The number of thioether (sulfide) groups is 1. The van der Waals surface area contributed by atoms with E-state index in [2.05, 4.69) is 15.0 Å². The normalized spacial score (nSPS) is 12.7. The summed E-state index contributed by atoms with van der Waals surface area (Å²) in [5.41, 5.74) is 0.386. The van der Waals surface area contributed by atoms with E-state index in [9.17, 15) is 18.0 Å². The summed E-state index contributed by atoms with van der Waals surface area (Å²) in [6.45, 7) is 1.72. The zero-order chi connectivity index (χ0) is 17.0. The molecule has 23 heavy (non-hydrogen) atoms. The van der Waals surface area contributed by atoms with E-state index in [0.29, 0.717) is 10.8 Å². The zero-order valence-corrected chi connectivity index (χ0v) is 13.1. The Morgan fingerprint density at radius 1 is 1.35 bits per heavy atom. The highest BCUT2D eigenvalue weighted by atomic mass is 32.2. The van der Waals surface area contributed by atoms with Crippen molar-refractivity contribution in [2.45, 2.75) is 23.7 Å². The van der Waals surface area contributed by atoms with E-state index < -0.39 is 11.6 Å². The maximum Gasteiger partial charge on any atom is 0.573 e. The van der Waals surface area contributed by atoms with Gasteiger partial charge in [0.25, 0.3) is 0 Å². The van der Waals surface area contributed by atoms with Crippen molar-refractivity contribution in [3.05, 3.63) is 36.7 Å². The second-order valence-corrected chi connectivity index (χ2v) is 5.95. The smallest absolute Gasteiger partial charge is 0.406 e. The third kappa shape index (κ3) is 5.20. The topological polar surface area (TPSA) is 56.2 Å². The number of amides is 1. The van der Waals surface area contributed by atoms with E-state index in [4.69, 9.17) is 0 Å². The molecule has 0 bridgehead atoms. The highest BCUT2D eigenvalue weighted by Gasteiger charge is 2.31. The summed E-state index contributed by atoms with van der Waals surface area (Å²) in [5, 5.41) is 2.91. The number of nitrogens with zero attached hydrogens (tertiary/aromatic N) is 2. The highest BCUT2D eigenvalue weighted by Crippen LogP contribution is 2.25. The summed E-state index contributed by atoms with van der Waals surface area (Å²) in [6, 6.07) is 4.97. The van der Waals surface area contributed by atoms with Crippen molar-refractivity contribution in [3.8, 4) is 5.75 Å². The quantitative estimate of drug-likeness (QED) is 0.844. The Balaban J connectivity index is 1.93. The number of alkyl halides is 3. The number of anilines is 1. The van der Waals surface area contributed by atoms with Crippen molar-refractivity contribution in [3.63, 3.8) is 0 Å². The van der Waals surface area contributed by atoms with E-state index >= 15 is 0 Å². The Hall–Kier alpha value is -2.16. The molecule has 1 aromatic heterocycles. The number of aryl methyl sites for hydroxylation is 1. The molecule has 1 unspecified atom stereocenters. The maximum atomic E-state index is 12.1. The van der Waals surface area contributed by atoms with Gasteiger partial charge in [0.2, 0.25) is 5.91 Å². The molecular formula is C14H14F3N3O2S. The molecule has 2 aromatic rings. The van der Waals surface area contributed by atoms with Crippen molar-refractivity contribution in [2.75, 3.05) is 5.32 Å². The standard InChI is InChI=1S/C14H14F3N3O2S/c1-9(23-13-18-7-8-20(13)2)12(21)19-10-3-5-11(6-4-10)22-14(15,16)17/h3-9H,1-2H3,(H,19,21). The Bertz CT molecular complexity index is 671. The van der Waals surface area contributed by atoms with Crippen LogP contribution in [0.25, 0.3) is 0 Å². The number of imidazole rings is 1. The fraction of sp³-hybridized carbons (Fsp3) is 0.286. The second kappa shape index (κ2) is 6.95. The van der Waals surface area contributed by atoms with Crippen molar-refractivity contribution in [1.29, 1.82) is 0 Å². The first-order valence-electron chi connectivity index (χ1n) is 6.55. The molecule has 0 saturated heterocycles. The van der Waals surface area contributed by atoms with Gasteiger partial charge in [0, 0.05) is 25.1 Å². The lowest BCUT2D eigenvalue weighted by atomic mass is 10.3. The number of benzene rings is 1. The number of aromatic nitrogens is 2. The molecule has 1 amide bonds. The number of hydrogen-bond donors (Lipinski definition) is 1. The van der Waals surface area contributed by atoms with Crippen molar-refractivity contribution in [1.82, 2.24) is 9.55 Å². The molecule has 0 saturated carbocycles. The van der Waals surface area contributed by atoms with Crippen LogP contribution in [-0.4, -0.2) is 27.1 Å². The molecule has 1 aromatic carbocycles. The molecule has 124 valence electrons. The van der Waals surface area contributed by atoms with E-state index in [1.807, 2.05) is 7.05 Å². The number of rotatable bonds is 5. The minimum atomic E-state index is -4.74. The summed E-state index contributed by atoms with van der Waals surface area (Å²) >= 11 is 1.28. The lowest BCUT2D eigenvalue weighted by molar-refractivity contribution is -0.274. The van der Waals surface area contributed by atoms with Crippen LogP contribution in [0.3, 0.4) is 0 Å². The first-order valence-corrected chi connectivity index (χ1v) is 7.43. The Kier molecular flexibility index (Phi) is 5.19. The van der Waals surface area contributed by atoms with Gasteiger partial charge in [0.05, 0.1) is 5.25 Å². The Morgan fingerprint density at radius 3 is 2.52 bits per heavy atom. The van der Waals surface area contributed by atoms with Gasteiger partial charge in [0.1, 0.15) is 5.75 Å². The number of hydrogen-bond acceptors (Lipinski definition) is 4. The fourth-order valence-corrected chi connectivity index (χ4v) is 2.49. The van der Waals surface area contributed by atoms with Gasteiger partial charge in [-0.1, -0.05) is 11.8 Å². The molecule has 0 spiro atoms. The van der Waals surface area contributed by atoms with Crippen LogP contribution in [0.2, 0.25) is 0 Å². The lowest BCUT2D eigenvalue weighted by Gasteiger charge is -2.12. The molecule has 1 N–H and O–H groups in total. The minimum Gasteiger partial charge on any atom is -0.406 e. The number of halogens is 3. The highest BCUT2D eigenvalue weighted by molar-refractivity contribution is 8.00. The van der Waals surface area contributed by atoms with Crippen molar-refractivity contribution in [2.24, 2.45) is 7.05 Å².